The highest BCUT2D eigenvalue weighted by Gasteiger charge is 2.50. The third kappa shape index (κ3) is 4.12. The zero-order chi connectivity index (χ0) is 21.5. The van der Waals surface area contributed by atoms with Crippen LogP contribution >= 0.6 is 11.8 Å². The molecule has 2 aromatic rings. The first-order valence-corrected chi connectivity index (χ1v) is 13.5. The first kappa shape index (κ1) is 20.8. The van der Waals surface area contributed by atoms with E-state index in [1.165, 1.54) is 60.1 Å². The van der Waals surface area contributed by atoms with Crippen LogP contribution in [0, 0.1) is 17.8 Å². The van der Waals surface area contributed by atoms with E-state index in [2.05, 4.69) is 41.0 Å². The number of carbonyl (C=O) groups is 1. The van der Waals surface area contributed by atoms with Gasteiger partial charge in [-0.05, 0) is 104 Å². The van der Waals surface area contributed by atoms with Gasteiger partial charge in [-0.15, -0.1) is 11.8 Å². The summed E-state index contributed by atoms with van der Waals surface area (Å²) in [7, 11) is 0. The molecule has 4 saturated carbocycles. The minimum atomic E-state index is 0.0655. The fourth-order valence-electron chi connectivity index (χ4n) is 7.31. The molecule has 0 atom stereocenters. The predicted molar refractivity (Wildman–Crippen MR) is 131 cm³/mol. The summed E-state index contributed by atoms with van der Waals surface area (Å²) in [5.41, 5.74) is 5.34. The second-order valence-electron chi connectivity index (χ2n) is 10.8. The first-order valence-electron chi connectivity index (χ1n) is 12.5. The highest BCUT2D eigenvalue weighted by atomic mass is 32.2. The molecular weight excluding hydrogens is 412 g/mol. The van der Waals surface area contributed by atoms with Crippen LogP contribution in [0.1, 0.15) is 65.6 Å². The summed E-state index contributed by atoms with van der Waals surface area (Å²) in [6.45, 7) is 1.79. The number of amides is 1. The molecule has 0 saturated heterocycles. The lowest BCUT2D eigenvalue weighted by Gasteiger charge is -2.57. The Balaban J connectivity index is 0.980. The SMILES string of the molecule is O=C1NCc2c(SCCc3ccc(CCNC45CC6CC(CC(C6)C4)C5)cc3)cccc21. The smallest absolute Gasteiger partial charge is 0.251 e. The van der Waals surface area contributed by atoms with Crippen LogP contribution < -0.4 is 10.6 Å². The number of hydrogen-bond donors (Lipinski definition) is 2. The lowest BCUT2D eigenvalue weighted by molar-refractivity contribution is -0.0192. The molecule has 0 spiro atoms. The molecule has 5 aliphatic rings. The number of rotatable bonds is 8. The number of hydrogen-bond acceptors (Lipinski definition) is 3. The van der Waals surface area contributed by atoms with Crippen molar-refractivity contribution in [2.45, 2.75) is 68.3 Å². The quantitative estimate of drug-likeness (QED) is 0.536. The van der Waals surface area contributed by atoms with Gasteiger partial charge in [-0.1, -0.05) is 30.3 Å². The summed E-state index contributed by atoms with van der Waals surface area (Å²) in [6.07, 6.45) is 11.0. The fourth-order valence-corrected chi connectivity index (χ4v) is 8.40. The van der Waals surface area contributed by atoms with Crippen LogP contribution in [0.4, 0.5) is 0 Å². The van der Waals surface area contributed by atoms with Gasteiger partial charge in [0.15, 0.2) is 0 Å². The Hall–Kier alpha value is -1.78. The maximum absolute atomic E-state index is 11.9. The minimum Gasteiger partial charge on any atom is -0.348 e. The highest BCUT2D eigenvalue weighted by molar-refractivity contribution is 7.99. The fraction of sp³-hybridized carbons (Fsp3) is 0.536. The standard InChI is InChI=1S/C28H34N2OS/c31-27-24-2-1-3-26(25(24)18-29-27)32-11-9-20-6-4-19(5-7-20)8-10-30-28-15-21-12-22(16-28)14-23(13-21)17-28/h1-7,21-23,30H,8-18H2,(H,29,31). The van der Waals surface area contributed by atoms with Crippen molar-refractivity contribution in [3.8, 4) is 0 Å². The van der Waals surface area contributed by atoms with E-state index in [9.17, 15) is 4.79 Å². The maximum Gasteiger partial charge on any atom is 0.251 e. The Bertz CT molecular complexity index is 964. The van der Waals surface area contributed by atoms with Crippen molar-refractivity contribution in [1.82, 2.24) is 10.6 Å². The molecule has 4 bridgehead atoms. The molecule has 32 heavy (non-hydrogen) atoms. The molecule has 1 amide bonds. The summed E-state index contributed by atoms with van der Waals surface area (Å²) in [6, 6.07) is 15.3. The number of nitrogens with one attached hydrogen (secondary N) is 2. The van der Waals surface area contributed by atoms with Crippen molar-refractivity contribution >= 4 is 17.7 Å². The van der Waals surface area contributed by atoms with Gasteiger partial charge in [0.05, 0.1) is 0 Å². The van der Waals surface area contributed by atoms with E-state index in [-0.39, 0.29) is 5.91 Å². The lowest BCUT2D eigenvalue weighted by Crippen LogP contribution is -2.58. The highest BCUT2D eigenvalue weighted by Crippen LogP contribution is 2.55. The van der Waals surface area contributed by atoms with Gasteiger partial charge < -0.3 is 10.6 Å². The summed E-state index contributed by atoms with van der Waals surface area (Å²) >= 11 is 1.87. The summed E-state index contributed by atoms with van der Waals surface area (Å²) in [5, 5.41) is 6.97. The van der Waals surface area contributed by atoms with Gasteiger partial charge in [0.25, 0.3) is 5.91 Å². The van der Waals surface area contributed by atoms with Crippen LogP contribution in [0.15, 0.2) is 47.4 Å². The lowest BCUT2D eigenvalue weighted by atomic mass is 9.53. The molecule has 1 aliphatic heterocycles. The van der Waals surface area contributed by atoms with Gasteiger partial charge in [-0.3, -0.25) is 4.79 Å². The molecule has 0 radical (unpaired) electrons. The van der Waals surface area contributed by atoms with Crippen molar-refractivity contribution in [3.05, 3.63) is 64.7 Å². The monoisotopic (exact) mass is 446 g/mol. The van der Waals surface area contributed by atoms with E-state index >= 15 is 0 Å². The molecule has 1 heterocycles. The Morgan fingerprint density at radius 1 is 0.906 bits per heavy atom. The first-order chi connectivity index (χ1) is 15.7. The topological polar surface area (TPSA) is 41.1 Å². The molecule has 0 aromatic heterocycles. The van der Waals surface area contributed by atoms with Gasteiger partial charge in [0.2, 0.25) is 0 Å². The summed E-state index contributed by atoms with van der Waals surface area (Å²) in [5.74, 6) is 4.15. The van der Waals surface area contributed by atoms with E-state index < -0.39 is 0 Å². The van der Waals surface area contributed by atoms with Gasteiger partial charge >= 0.3 is 0 Å². The van der Waals surface area contributed by atoms with E-state index in [0.29, 0.717) is 12.1 Å². The second kappa shape index (κ2) is 8.53. The van der Waals surface area contributed by atoms with Crippen LogP contribution in [0.25, 0.3) is 0 Å². The van der Waals surface area contributed by atoms with Crippen LogP contribution in [0.3, 0.4) is 0 Å². The number of fused-ring (bicyclic) bond motifs is 1. The molecule has 2 N–H and O–H groups in total. The predicted octanol–water partition coefficient (Wildman–Crippen LogP) is 5.37. The second-order valence-corrected chi connectivity index (χ2v) is 11.9. The van der Waals surface area contributed by atoms with Crippen molar-refractivity contribution in [3.63, 3.8) is 0 Å². The Morgan fingerprint density at radius 2 is 1.56 bits per heavy atom. The minimum absolute atomic E-state index is 0.0655. The van der Waals surface area contributed by atoms with Gasteiger partial charge in [-0.25, -0.2) is 0 Å². The molecule has 3 nitrogen and oxygen atoms in total. The molecular formula is C28H34N2OS. The zero-order valence-electron chi connectivity index (χ0n) is 18.9. The van der Waals surface area contributed by atoms with E-state index in [0.717, 1.165) is 48.5 Å². The Kier molecular flexibility index (Phi) is 5.55. The van der Waals surface area contributed by atoms with Crippen LogP contribution in [-0.2, 0) is 19.4 Å². The Labute approximate surface area is 196 Å². The van der Waals surface area contributed by atoms with Gasteiger partial charge in [0.1, 0.15) is 0 Å². The van der Waals surface area contributed by atoms with Crippen molar-refractivity contribution in [2.75, 3.05) is 12.3 Å². The molecule has 2 aromatic carbocycles. The third-order valence-electron chi connectivity index (χ3n) is 8.43. The summed E-state index contributed by atoms with van der Waals surface area (Å²) < 4.78 is 0. The molecule has 4 fully saturated rings. The number of benzene rings is 2. The van der Waals surface area contributed by atoms with Crippen molar-refractivity contribution in [2.24, 2.45) is 17.8 Å². The summed E-state index contributed by atoms with van der Waals surface area (Å²) in [4.78, 5) is 13.1. The molecule has 0 unspecified atom stereocenters. The largest absolute Gasteiger partial charge is 0.348 e. The van der Waals surface area contributed by atoms with Gasteiger partial charge in [0, 0.05) is 28.3 Å². The van der Waals surface area contributed by atoms with Crippen molar-refractivity contribution < 1.29 is 4.79 Å². The zero-order valence-corrected chi connectivity index (χ0v) is 19.7. The molecule has 4 heteroatoms. The van der Waals surface area contributed by atoms with Crippen molar-refractivity contribution in [1.29, 1.82) is 0 Å². The number of carbonyl (C=O) groups excluding carboxylic acids is 1. The number of thioether (sulfide) groups is 1. The molecule has 7 rings (SSSR count). The average molecular weight is 447 g/mol. The van der Waals surface area contributed by atoms with E-state index in [4.69, 9.17) is 0 Å². The maximum atomic E-state index is 11.9. The molecule has 168 valence electrons. The number of aryl methyl sites for hydroxylation is 1. The average Bonchev–Trinajstić information content (AvgIpc) is 3.16. The van der Waals surface area contributed by atoms with Crippen LogP contribution in [0.2, 0.25) is 0 Å². The normalized spacial score (nSPS) is 29.9. The van der Waals surface area contributed by atoms with Crippen LogP contribution in [0.5, 0.6) is 0 Å². The van der Waals surface area contributed by atoms with E-state index in [1.807, 2.05) is 23.9 Å². The van der Waals surface area contributed by atoms with E-state index in [1.54, 1.807) is 0 Å². The molecule has 4 aliphatic carbocycles. The third-order valence-corrected chi connectivity index (χ3v) is 9.53. The Morgan fingerprint density at radius 3 is 2.25 bits per heavy atom. The van der Waals surface area contributed by atoms with Crippen LogP contribution in [-0.4, -0.2) is 23.7 Å². The van der Waals surface area contributed by atoms with Gasteiger partial charge in [-0.2, -0.15) is 0 Å².